The van der Waals surface area contributed by atoms with Crippen molar-refractivity contribution in [3.8, 4) is 11.8 Å². The summed E-state index contributed by atoms with van der Waals surface area (Å²) in [6, 6.07) is 8.53. The van der Waals surface area contributed by atoms with Crippen LogP contribution in [-0.2, 0) is 24.1 Å². The van der Waals surface area contributed by atoms with Crippen LogP contribution >= 0.6 is 23.5 Å². The molecule has 1 heterocycles. The third kappa shape index (κ3) is 13.3. The van der Waals surface area contributed by atoms with E-state index in [0.29, 0.717) is 25.7 Å². The molecule has 1 aromatic heterocycles. The number of amides is 1. The molecule has 238 valence electrons. The van der Waals surface area contributed by atoms with E-state index in [-0.39, 0.29) is 23.9 Å². The molecule has 10 heteroatoms. The second kappa shape index (κ2) is 21.1. The van der Waals surface area contributed by atoms with Crippen LogP contribution in [0.5, 0.6) is 5.75 Å². The highest BCUT2D eigenvalue weighted by Crippen LogP contribution is 2.30. The van der Waals surface area contributed by atoms with E-state index in [4.69, 9.17) is 15.5 Å². The van der Waals surface area contributed by atoms with Gasteiger partial charge in [0.1, 0.15) is 11.6 Å². The van der Waals surface area contributed by atoms with Crippen LogP contribution in [0.2, 0.25) is 0 Å². The number of hydrogen-bond acceptors (Lipinski definition) is 9. The Morgan fingerprint density at radius 3 is 2.35 bits per heavy atom. The summed E-state index contributed by atoms with van der Waals surface area (Å²) in [5.74, 6) is 3.77. The summed E-state index contributed by atoms with van der Waals surface area (Å²) in [4.78, 5) is 22.5. The molecule has 2 atom stereocenters. The van der Waals surface area contributed by atoms with Crippen molar-refractivity contribution in [3.63, 3.8) is 0 Å². The number of nitriles is 1. The zero-order valence-electron chi connectivity index (χ0n) is 26.8. The van der Waals surface area contributed by atoms with Crippen molar-refractivity contribution >= 4 is 41.2 Å². The van der Waals surface area contributed by atoms with Crippen LogP contribution in [0.3, 0.4) is 0 Å². The molecule has 0 saturated carbocycles. The van der Waals surface area contributed by atoms with Gasteiger partial charge in [-0.1, -0.05) is 51.7 Å². The van der Waals surface area contributed by atoms with E-state index in [1.807, 2.05) is 41.7 Å². The number of unbranched alkanes of at least 4 members (excludes halogenated alkanes) is 2. The highest BCUT2D eigenvalue weighted by atomic mass is 32.2. The Kier molecular flexibility index (Phi) is 18.0. The van der Waals surface area contributed by atoms with Crippen molar-refractivity contribution in [2.75, 3.05) is 42.2 Å². The molecule has 0 spiro atoms. The molecule has 1 aromatic carbocycles. The van der Waals surface area contributed by atoms with E-state index in [0.717, 1.165) is 96.8 Å². The van der Waals surface area contributed by atoms with Crippen molar-refractivity contribution in [2.24, 2.45) is 0 Å². The summed E-state index contributed by atoms with van der Waals surface area (Å²) in [6.07, 6.45) is 14.3. The van der Waals surface area contributed by atoms with Crippen LogP contribution in [0.15, 0.2) is 18.2 Å². The molecule has 0 aliphatic heterocycles. The number of benzene rings is 1. The predicted octanol–water partition coefficient (Wildman–Crippen LogP) is 6.81. The van der Waals surface area contributed by atoms with Gasteiger partial charge in [0.15, 0.2) is 0 Å². The lowest BCUT2D eigenvalue weighted by Gasteiger charge is -2.23. The number of nitrogen functional groups attached to an aromatic ring is 1. The molecule has 0 fully saturated rings. The number of methoxy groups -OCH3 is 1. The van der Waals surface area contributed by atoms with Crippen LogP contribution < -0.4 is 21.1 Å². The van der Waals surface area contributed by atoms with E-state index in [9.17, 15) is 10.1 Å². The lowest BCUT2D eigenvalue weighted by Crippen LogP contribution is -2.35. The Bertz CT molecular complexity index is 1140. The zero-order chi connectivity index (χ0) is 31.5. The minimum atomic E-state index is 0.0363. The van der Waals surface area contributed by atoms with E-state index in [1.54, 1.807) is 7.11 Å². The molecule has 43 heavy (non-hydrogen) atoms. The normalized spacial score (nSPS) is 12.4. The Hall–Kier alpha value is -2.64. The monoisotopic (exact) mass is 628 g/mol. The largest absolute Gasteiger partial charge is 0.496 e. The first-order chi connectivity index (χ1) is 20.9. The first kappa shape index (κ1) is 36.6. The molecule has 2 rings (SSSR count). The smallest absolute Gasteiger partial charge is 0.222 e. The number of thioether (sulfide) groups is 2. The van der Waals surface area contributed by atoms with Gasteiger partial charge in [0.2, 0.25) is 11.9 Å². The van der Waals surface area contributed by atoms with Gasteiger partial charge in [-0.05, 0) is 73.3 Å². The summed E-state index contributed by atoms with van der Waals surface area (Å²) in [5.41, 5.74) is 9.85. The molecule has 0 bridgehead atoms. The van der Waals surface area contributed by atoms with Crippen LogP contribution in [0.1, 0.15) is 94.0 Å². The lowest BCUT2D eigenvalue weighted by molar-refractivity contribution is -0.121. The number of nitrogens with zero attached hydrogens (tertiary/aromatic N) is 3. The number of ether oxygens (including phenoxy) is 1. The first-order valence-corrected chi connectivity index (χ1v) is 18.4. The third-order valence-electron chi connectivity index (χ3n) is 7.55. The molecular weight excluding hydrogens is 577 g/mol. The predicted molar refractivity (Wildman–Crippen MR) is 184 cm³/mol. The first-order valence-electron chi connectivity index (χ1n) is 15.6. The average Bonchev–Trinajstić information content (AvgIpc) is 3.00. The minimum absolute atomic E-state index is 0.0363. The topological polar surface area (TPSA) is 126 Å². The van der Waals surface area contributed by atoms with E-state index >= 15 is 0 Å². The van der Waals surface area contributed by atoms with Crippen molar-refractivity contribution in [3.05, 3.63) is 40.6 Å². The molecule has 0 aliphatic carbocycles. The molecule has 0 aliphatic rings. The maximum atomic E-state index is 13.2. The number of aromatic nitrogens is 2. The Morgan fingerprint density at radius 1 is 1.05 bits per heavy atom. The molecule has 2 unspecified atom stereocenters. The van der Waals surface area contributed by atoms with Crippen LogP contribution in [0.4, 0.5) is 11.8 Å². The summed E-state index contributed by atoms with van der Waals surface area (Å²) >= 11 is 3.65. The number of carbonyl (C=O) groups excluding carboxylic acids is 1. The fraction of sp³-hybridized carbons (Fsp3) is 0.636. The molecule has 0 radical (unpaired) electrons. The van der Waals surface area contributed by atoms with Gasteiger partial charge in [-0.2, -0.15) is 33.8 Å². The zero-order valence-corrected chi connectivity index (χ0v) is 28.5. The Balaban J connectivity index is 2.44. The van der Waals surface area contributed by atoms with Crippen LogP contribution in [0.25, 0.3) is 0 Å². The van der Waals surface area contributed by atoms with Gasteiger partial charge >= 0.3 is 0 Å². The molecular formula is C33H52N6O2S2. The molecule has 0 saturated heterocycles. The number of carbonyl (C=O) groups is 1. The quantitative estimate of drug-likeness (QED) is 0.129. The van der Waals surface area contributed by atoms with E-state index < -0.39 is 0 Å². The van der Waals surface area contributed by atoms with Crippen molar-refractivity contribution < 1.29 is 9.53 Å². The van der Waals surface area contributed by atoms with Gasteiger partial charge < -0.3 is 21.1 Å². The summed E-state index contributed by atoms with van der Waals surface area (Å²) in [7, 11) is 1.65. The maximum Gasteiger partial charge on any atom is 0.222 e. The highest BCUT2D eigenvalue weighted by molar-refractivity contribution is 7.98. The van der Waals surface area contributed by atoms with Gasteiger partial charge in [0.25, 0.3) is 0 Å². The van der Waals surface area contributed by atoms with E-state index in [1.165, 1.54) is 0 Å². The Labute approximate surface area is 268 Å². The van der Waals surface area contributed by atoms with Crippen LogP contribution in [0, 0.1) is 11.3 Å². The molecule has 1 amide bonds. The van der Waals surface area contributed by atoms with Crippen molar-refractivity contribution in [2.45, 2.75) is 103 Å². The van der Waals surface area contributed by atoms with Gasteiger partial charge in [-0.25, -0.2) is 4.98 Å². The number of nitrogens with one attached hydrogen (secondary N) is 2. The second-order valence-electron chi connectivity index (χ2n) is 11.0. The standard InChI is InChI=1S/C33H52N6O2S2/c1-6-8-10-26(17-20-42-4)36-31(40)15-13-29-28(23-25-22-24(16-19-34)12-14-30(25)41-3)32(39-33(35)38-29)37-27(11-9-7-2)18-21-43-5/h12,14,22,26-27H,6-11,13,15-18,20-21,23H2,1-5H3,(H,36,40)(H3,35,37,38,39). The summed E-state index contributed by atoms with van der Waals surface area (Å²) in [5, 5.41) is 16.3. The van der Waals surface area contributed by atoms with Gasteiger partial charge in [0.05, 0.1) is 25.3 Å². The second-order valence-corrected chi connectivity index (χ2v) is 12.9. The molecule has 8 nitrogen and oxygen atoms in total. The number of rotatable bonds is 22. The van der Waals surface area contributed by atoms with Gasteiger partial charge in [-0.3, -0.25) is 4.79 Å². The fourth-order valence-corrected chi connectivity index (χ4v) is 6.19. The van der Waals surface area contributed by atoms with Crippen molar-refractivity contribution in [1.82, 2.24) is 15.3 Å². The molecule has 4 N–H and O–H groups in total. The Morgan fingerprint density at radius 2 is 1.72 bits per heavy atom. The summed E-state index contributed by atoms with van der Waals surface area (Å²) < 4.78 is 5.71. The average molecular weight is 629 g/mol. The van der Waals surface area contributed by atoms with Crippen LogP contribution in [-0.4, -0.2) is 59.1 Å². The lowest BCUT2D eigenvalue weighted by atomic mass is 9.97. The van der Waals surface area contributed by atoms with Crippen molar-refractivity contribution in [1.29, 1.82) is 5.26 Å². The number of anilines is 2. The minimum Gasteiger partial charge on any atom is -0.496 e. The SMILES string of the molecule is CCCCC(CCSC)NC(=O)CCc1nc(N)nc(NC(CCCC)CCSC)c1Cc1cc(CC#N)ccc1OC. The maximum absolute atomic E-state index is 13.2. The number of aryl methyl sites for hydroxylation is 1. The molecule has 2 aromatic rings. The van der Waals surface area contributed by atoms with Gasteiger partial charge in [0, 0.05) is 30.5 Å². The third-order valence-corrected chi connectivity index (χ3v) is 8.84. The van der Waals surface area contributed by atoms with Gasteiger partial charge in [-0.15, -0.1) is 0 Å². The number of nitrogens with two attached hydrogens (primary N) is 1. The van der Waals surface area contributed by atoms with E-state index in [2.05, 4.69) is 48.0 Å². The fourth-order valence-electron chi connectivity index (χ4n) is 5.15. The highest BCUT2D eigenvalue weighted by Gasteiger charge is 2.21. The number of hydrogen-bond donors (Lipinski definition) is 3. The summed E-state index contributed by atoms with van der Waals surface area (Å²) in [6.45, 7) is 4.39.